The summed E-state index contributed by atoms with van der Waals surface area (Å²) in [5.41, 5.74) is 0.817. The van der Waals surface area contributed by atoms with Crippen molar-refractivity contribution in [3.63, 3.8) is 0 Å². The van der Waals surface area contributed by atoms with E-state index in [9.17, 15) is 9.90 Å². The zero-order valence-electron chi connectivity index (χ0n) is 7.29. The van der Waals surface area contributed by atoms with E-state index in [-0.39, 0.29) is 17.7 Å². The molecule has 0 aliphatic carbocycles. The van der Waals surface area contributed by atoms with Gasteiger partial charge in [-0.25, -0.2) is 0 Å². The highest BCUT2D eigenvalue weighted by Crippen LogP contribution is 2.24. The van der Waals surface area contributed by atoms with Gasteiger partial charge in [0.1, 0.15) is 11.8 Å². The van der Waals surface area contributed by atoms with Crippen molar-refractivity contribution in [2.75, 3.05) is 0 Å². The minimum absolute atomic E-state index is 0.183. The minimum Gasteiger partial charge on any atom is -0.508 e. The van der Waals surface area contributed by atoms with Gasteiger partial charge in [0.05, 0.1) is 0 Å². The Bertz CT molecular complexity index is 408. The van der Waals surface area contributed by atoms with E-state index in [1.807, 2.05) is 6.07 Å². The third-order valence-electron chi connectivity index (χ3n) is 1.91. The van der Waals surface area contributed by atoms with E-state index in [2.05, 4.69) is 10.2 Å². The molecule has 4 heteroatoms. The maximum Gasteiger partial charge on any atom is 0.287 e. The molecule has 1 heterocycles. The topological polar surface area (TPSA) is 62.0 Å². The predicted octanol–water partition coefficient (Wildman–Crippen LogP) is 1.98. The van der Waals surface area contributed by atoms with Crippen LogP contribution >= 0.6 is 0 Å². The van der Waals surface area contributed by atoms with Gasteiger partial charge in [-0.2, -0.15) is 5.11 Å². The number of phenolic OH excluding ortho intramolecular Hbond substituents is 1. The Morgan fingerprint density at radius 1 is 1.36 bits per heavy atom. The Morgan fingerprint density at radius 3 is 2.86 bits per heavy atom. The van der Waals surface area contributed by atoms with E-state index in [0.29, 0.717) is 0 Å². The largest absolute Gasteiger partial charge is 0.508 e. The molecule has 1 aliphatic rings. The molecule has 70 valence electrons. The number of amides is 1. The Hall–Kier alpha value is -1.97. The molecule has 1 amide bonds. The summed E-state index contributed by atoms with van der Waals surface area (Å²) in [4.78, 5) is 10.7. The fourth-order valence-electron chi connectivity index (χ4n) is 1.25. The first-order valence-corrected chi connectivity index (χ1v) is 4.17. The lowest BCUT2D eigenvalue weighted by Crippen LogP contribution is -1.98. The molecular weight excluding hydrogens is 180 g/mol. The average molecular weight is 188 g/mol. The molecule has 14 heavy (non-hydrogen) atoms. The molecular formula is C10H8N2O2. The van der Waals surface area contributed by atoms with Crippen molar-refractivity contribution in [1.82, 2.24) is 0 Å². The number of rotatable bonds is 1. The first kappa shape index (κ1) is 8.62. The molecule has 0 radical (unpaired) electrons. The lowest BCUT2D eigenvalue weighted by atomic mass is 10.1. The Morgan fingerprint density at radius 2 is 2.21 bits per heavy atom. The molecule has 1 atom stereocenters. The number of hydrogen-bond donors (Lipinski definition) is 1. The van der Waals surface area contributed by atoms with Gasteiger partial charge in [0.2, 0.25) is 0 Å². The molecule has 0 bridgehead atoms. The van der Waals surface area contributed by atoms with Crippen LogP contribution in [0.4, 0.5) is 0 Å². The standard InChI is InChI=1S/C10H8N2O2/c13-8-3-1-2-7(6-8)9-4-5-10(14)12-11-9/h1-6,9,13H. The Kier molecular flexibility index (Phi) is 2.10. The van der Waals surface area contributed by atoms with Crippen LogP contribution in [0.15, 0.2) is 46.6 Å². The molecule has 1 unspecified atom stereocenters. The van der Waals surface area contributed by atoms with Crippen molar-refractivity contribution in [3.05, 3.63) is 42.0 Å². The number of carbonyl (C=O) groups excluding carboxylic acids is 1. The van der Waals surface area contributed by atoms with E-state index in [0.717, 1.165) is 5.56 Å². The first-order chi connectivity index (χ1) is 6.75. The maximum absolute atomic E-state index is 10.7. The van der Waals surface area contributed by atoms with Crippen molar-refractivity contribution in [2.45, 2.75) is 6.04 Å². The summed E-state index contributed by atoms with van der Waals surface area (Å²) in [5, 5.41) is 16.5. The second kappa shape index (κ2) is 3.41. The summed E-state index contributed by atoms with van der Waals surface area (Å²) in [6.07, 6.45) is 3.03. The van der Waals surface area contributed by atoms with Crippen LogP contribution in [0.1, 0.15) is 11.6 Å². The quantitative estimate of drug-likeness (QED) is 0.732. The SMILES string of the molecule is O=C1C=CC(c2cccc(O)c2)N=N1. The van der Waals surface area contributed by atoms with Gasteiger partial charge in [0.15, 0.2) is 0 Å². The second-order valence-electron chi connectivity index (χ2n) is 2.95. The summed E-state index contributed by atoms with van der Waals surface area (Å²) < 4.78 is 0. The van der Waals surface area contributed by atoms with Crippen molar-refractivity contribution in [2.24, 2.45) is 10.2 Å². The van der Waals surface area contributed by atoms with E-state index in [1.54, 1.807) is 24.3 Å². The molecule has 0 saturated carbocycles. The van der Waals surface area contributed by atoms with Gasteiger partial charge >= 0.3 is 0 Å². The number of carbonyl (C=O) groups is 1. The molecule has 2 rings (SSSR count). The summed E-state index contributed by atoms with van der Waals surface area (Å²) in [7, 11) is 0. The van der Waals surface area contributed by atoms with E-state index in [4.69, 9.17) is 0 Å². The number of aromatic hydroxyl groups is 1. The summed E-state index contributed by atoms with van der Waals surface area (Å²) >= 11 is 0. The second-order valence-corrected chi connectivity index (χ2v) is 2.95. The van der Waals surface area contributed by atoms with Gasteiger partial charge in [-0.1, -0.05) is 12.1 Å². The van der Waals surface area contributed by atoms with Crippen LogP contribution in [-0.2, 0) is 4.79 Å². The molecule has 1 aromatic rings. The van der Waals surface area contributed by atoms with E-state index < -0.39 is 0 Å². The fourth-order valence-corrected chi connectivity index (χ4v) is 1.25. The van der Waals surface area contributed by atoms with Gasteiger partial charge in [-0.05, 0) is 23.8 Å². The smallest absolute Gasteiger partial charge is 0.287 e. The zero-order valence-corrected chi connectivity index (χ0v) is 7.29. The monoisotopic (exact) mass is 188 g/mol. The molecule has 1 N–H and O–H groups in total. The molecule has 1 aromatic carbocycles. The van der Waals surface area contributed by atoms with E-state index >= 15 is 0 Å². The van der Waals surface area contributed by atoms with Crippen molar-refractivity contribution in [3.8, 4) is 5.75 Å². The number of phenols is 1. The zero-order chi connectivity index (χ0) is 9.97. The van der Waals surface area contributed by atoms with E-state index in [1.165, 1.54) is 6.08 Å². The third kappa shape index (κ3) is 1.69. The van der Waals surface area contributed by atoms with Crippen LogP contribution in [0.2, 0.25) is 0 Å². The molecule has 4 nitrogen and oxygen atoms in total. The van der Waals surface area contributed by atoms with Crippen LogP contribution in [-0.4, -0.2) is 11.0 Å². The van der Waals surface area contributed by atoms with Crippen LogP contribution in [0.3, 0.4) is 0 Å². The Balaban J connectivity index is 2.29. The van der Waals surface area contributed by atoms with Gasteiger partial charge < -0.3 is 5.11 Å². The highest BCUT2D eigenvalue weighted by Gasteiger charge is 2.11. The van der Waals surface area contributed by atoms with Crippen LogP contribution in [0, 0.1) is 0 Å². The van der Waals surface area contributed by atoms with Gasteiger partial charge in [-0.15, -0.1) is 5.11 Å². The normalized spacial score (nSPS) is 20.0. The molecule has 0 fully saturated rings. The van der Waals surface area contributed by atoms with Gasteiger partial charge in [-0.3, -0.25) is 4.79 Å². The van der Waals surface area contributed by atoms with Crippen LogP contribution < -0.4 is 0 Å². The van der Waals surface area contributed by atoms with Gasteiger partial charge in [0.25, 0.3) is 5.91 Å². The fraction of sp³-hybridized carbons (Fsp3) is 0.100. The number of nitrogens with zero attached hydrogens (tertiary/aromatic N) is 2. The van der Waals surface area contributed by atoms with Gasteiger partial charge in [0, 0.05) is 6.08 Å². The summed E-state index contributed by atoms with van der Waals surface area (Å²) in [6.45, 7) is 0. The average Bonchev–Trinajstić information content (AvgIpc) is 2.19. The summed E-state index contributed by atoms with van der Waals surface area (Å²) in [5.74, 6) is -0.163. The van der Waals surface area contributed by atoms with Crippen LogP contribution in [0.25, 0.3) is 0 Å². The van der Waals surface area contributed by atoms with Crippen molar-refractivity contribution >= 4 is 5.91 Å². The number of hydrogen-bond acceptors (Lipinski definition) is 3. The molecule has 1 aliphatic heterocycles. The molecule has 0 spiro atoms. The predicted molar refractivity (Wildman–Crippen MR) is 49.9 cm³/mol. The minimum atomic E-state index is -0.346. The molecule has 0 saturated heterocycles. The number of azo groups is 1. The lowest BCUT2D eigenvalue weighted by molar-refractivity contribution is -0.114. The van der Waals surface area contributed by atoms with Crippen LogP contribution in [0.5, 0.6) is 5.75 Å². The van der Waals surface area contributed by atoms with Crippen molar-refractivity contribution < 1.29 is 9.90 Å². The highest BCUT2D eigenvalue weighted by molar-refractivity contribution is 5.88. The third-order valence-corrected chi connectivity index (χ3v) is 1.91. The highest BCUT2D eigenvalue weighted by atomic mass is 16.3. The first-order valence-electron chi connectivity index (χ1n) is 4.17. The Labute approximate surface area is 80.6 Å². The van der Waals surface area contributed by atoms with Crippen molar-refractivity contribution in [1.29, 1.82) is 0 Å². The lowest BCUT2D eigenvalue weighted by Gasteiger charge is -2.08. The molecule has 0 aromatic heterocycles. The maximum atomic E-state index is 10.7. The summed E-state index contributed by atoms with van der Waals surface area (Å²) in [6, 6.07) is 6.47. The number of benzene rings is 1.